The molecule has 4 aromatic rings. The van der Waals surface area contributed by atoms with Gasteiger partial charge < -0.3 is 15.0 Å². The summed E-state index contributed by atoms with van der Waals surface area (Å²) in [5.41, 5.74) is 2.23. The molecule has 2 amide bonds. The van der Waals surface area contributed by atoms with Gasteiger partial charge in [0.25, 0.3) is 10.0 Å². The molecule has 0 aliphatic heterocycles. The maximum atomic E-state index is 14.6. The molecule has 4 rings (SSSR count). The topological polar surface area (TPSA) is 96.0 Å². The molecule has 0 unspecified atom stereocenters. The Labute approximate surface area is 280 Å². The number of nitrogens with zero attached hydrogens (tertiary/aromatic N) is 2. The summed E-state index contributed by atoms with van der Waals surface area (Å²) in [5, 5.41) is 3.04. The first-order chi connectivity index (χ1) is 21.8. The molecule has 0 aliphatic carbocycles. The van der Waals surface area contributed by atoms with Crippen LogP contribution in [-0.2, 0) is 32.6 Å². The fourth-order valence-electron chi connectivity index (χ4n) is 4.97. The average molecular weight is 707 g/mol. The number of aryl methyl sites for hydroxylation is 1. The number of carbonyl (C=O) groups is 2. The van der Waals surface area contributed by atoms with Crippen molar-refractivity contribution in [1.82, 2.24) is 10.2 Å². The lowest BCUT2D eigenvalue weighted by Gasteiger charge is -2.35. The van der Waals surface area contributed by atoms with Gasteiger partial charge >= 0.3 is 0 Å². The smallest absolute Gasteiger partial charge is 0.264 e. The molecule has 4 aromatic carbocycles. The molecule has 0 saturated carbocycles. The van der Waals surface area contributed by atoms with Gasteiger partial charge in [0.15, 0.2) is 0 Å². The number of amides is 2. The quantitative estimate of drug-likeness (QED) is 0.181. The van der Waals surface area contributed by atoms with Crippen molar-refractivity contribution >= 4 is 43.5 Å². The number of rotatable bonds is 12. The summed E-state index contributed by atoms with van der Waals surface area (Å²) in [7, 11) is -2.72. The second-order valence-electron chi connectivity index (χ2n) is 12.1. The van der Waals surface area contributed by atoms with Crippen LogP contribution >= 0.6 is 15.9 Å². The fraction of sp³-hybridized carbons (Fsp3) is 0.278. The molecular weight excluding hydrogens is 666 g/mol. The first-order valence-electron chi connectivity index (χ1n) is 14.9. The van der Waals surface area contributed by atoms with E-state index in [1.807, 2.05) is 82.3 Å². The lowest BCUT2D eigenvalue weighted by Crippen LogP contribution is -2.56. The van der Waals surface area contributed by atoms with Gasteiger partial charge in [-0.3, -0.25) is 13.9 Å². The van der Waals surface area contributed by atoms with Crippen molar-refractivity contribution < 1.29 is 22.7 Å². The lowest BCUT2D eigenvalue weighted by atomic mass is 10.0. The third-order valence-electron chi connectivity index (χ3n) is 7.24. The van der Waals surface area contributed by atoms with Gasteiger partial charge in [0.2, 0.25) is 11.8 Å². The van der Waals surface area contributed by atoms with E-state index in [2.05, 4.69) is 21.2 Å². The normalized spacial score (nSPS) is 12.2. The molecule has 1 atom stereocenters. The Morgan fingerprint density at radius 2 is 1.52 bits per heavy atom. The lowest BCUT2D eigenvalue weighted by molar-refractivity contribution is -0.140. The van der Waals surface area contributed by atoms with Crippen molar-refractivity contribution in [3.05, 3.63) is 124 Å². The van der Waals surface area contributed by atoms with Crippen LogP contribution in [0.1, 0.15) is 37.5 Å². The van der Waals surface area contributed by atoms with Crippen molar-refractivity contribution in [2.75, 3.05) is 18.0 Å². The highest BCUT2D eigenvalue weighted by atomic mass is 79.9. The molecule has 0 spiro atoms. The molecule has 10 heteroatoms. The number of nitrogens with one attached hydrogen (secondary N) is 1. The number of halogens is 1. The Kier molecular flexibility index (Phi) is 11.3. The fourth-order valence-corrected chi connectivity index (χ4v) is 6.82. The van der Waals surface area contributed by atoms with E-state index in [1.54, 1.807) is 36.4 Å². The molecule has 0 fully saturated rings. The van der Waals surface area contributed by atoms with E-state index in [1.165, 1.54) is 24.1 Å². The van der Waals surface area contributed by atoms with Gasteiger partial charge in [-0.25, -0.2) is 8.42 Å². The van der Waals surface area contributed by atoms with Crippen LogP contribution in [-0.4, -0.2) is 50.4 Å². The number of benzene rings is 4. The first kappa shape index (κ1) is 34.7. The summed E-state index contributed by atoms with van der Waals surface area (Å²) in [6.07, 6.45) is 0.229. The van der Waals surface area contributed by atoms with E-state index in [-0.39, 0.29) is 29.5 Å². The van der Waals surface area contributed by atoms with E-state index in [0.717, 1.165) is 25.5 Å². The summed E-state index contributed by atoms with van der Waals surface area (Å²) >= 11 is 3.51. The van der Waals surface area contributed by atoms with E-state index in [0.29, 0.717) is 5.75 Å². The molecule has 242 valence electrons. The maximum absolute atomic E-state index is 14.6. The van der Waals surface area contributed by atoms with Crippen LogP contribution in [0.2, 0.25) is 0 Å². The number of ether oxygens (including phenoxy) is 1. The van der Waals surface area contributed by atoms with E-state index < -0.39 is 34.1 Å². The Hall–Kier alpha value is -4.15. The van der Waals surface area contributed by atoms with Crippen molar-refractivity contribution in [1.29, 1.82) is 0 Å². The van der Waals surface area contributed by atoms with Gasteiger partial charge in [-0.1, -0.05) is 82.2 Å². The molecule has 8 nitrogen and oxygen atoms in total. The minimum absolute atomic E-state index is 0.0403. The zero-order chi connectivity index (χ0) is 33.5. The predicted octanol–water partition coefficient (Wildman–Crippen LogP) is 6.52. The molecule has 0 heterocycles. The monoisotopic (exact) mass is 705 g/mol. The van der Waals surface area contributed by atoms with E-state index in [4.69, 9.17) is 4.74 Å². The van der Waals surface area contributed by atoms with E-state index in [9.17, 15) is 18.0 Å². The van der Waals surface area contributed by atoms with Crippen LogP contribution in [0.3, 0.4) is 0 Å². The van der Waals surface area contributed by atoms with E-state index >= 15 is 0 Å². The van der Waals surface area contributed by atoms with Crippen LogP contribution in [0.25, 0.3) is 0 Å². The van der Waals surface area contributed by atoms with Crippen LogP contribution in [0.5, 0.6) is 5.75 Å². The second-order valence-corrected chi connectivity index (χ2v) is 14.9. The van der Waals surface area contributed by atoms with Crippen LogP contribution < -0.4 is 14.4 Å². The zero-order valence-corrected chi connectivity index (χ0v) is 29.1. The molecule has 0 saturated heterocycles. The largest absolute Gasteiger partial charge is 0.497 e. The van der Waals surface area contributed by atoms with Crippen molar-refractivity contribution in [3.63, 3.8) is 0 Å². The Balaban J connectivity index is 1.83. The Bertz CT molecular complexity index is 1760. The Morgan fingerprint density at radius 1 is 0.870 bits per heavy atom. The molecule has 46 heavy (non-hydrogen) atoms. The highest BCUT2D eigenvalue weighted by molar-refractivity contribution is 9.10. The molecular formula is C36H40BrN3O5S. The molecule has 0 radical (unpaired) electrons. The van der Waals surface area contributed by atoms with Crippen molar-refractivity contribution in [3.8, 4) is 5.75 Å². The van der Waals surface area contributed by atoms with Crippen LogP contribution in [0.15, 0.2) is 112 Å². The number of hydrogen-bond acceptors (Lipinski definition) is 5. The predicted molar refractivity (Wildman–Crippen MR) is 185 cm³/mol. The summed E-state index contributed by atoms with van der Waals surface area (Å²) in [6, 6.07) is 29.0. The van der Waals surface area contributed by atoms with Gasteiger partial charge in [0.05, 0.1) is 17.7 Å². The van der Waals surface area contributed by atoms with Gasteiger partial charge in [-0.2, -0.15) is 0 Å². The third kappa shape index (κ3) is 9.20. The van der Waals surface area contributed by atoms with Gasteiger partial charge in [0, 0.05) is 29.0 Å². The van der Waals surface area contributed by atoms with Crippen molar-refractivity contribution in [2.45, 2.75) is 57.1 Å². The summed E-state index contributed by atoms with van der Waals surface area (Å²) in [6.45, 7) is 7.03. The zero-order valence-electron chi connectivity index (χ0n) is 26.7. The summed E-state index contributed by atoms with van der Waals surface area (Å²) < 4.78 is 35.7. The van der Waals surface area contributed by atoms with Crippen molar-refractivity contribution in [2.24, 2.45) is 0 Å². The number of hydrogen-bond donors (Lipinski definition) is 1. The number of methoxy groups -OCH3 is 1. The summed E-state index contributed by atoms with van der Waals surface area (Å²) in [4.78, 5) is 30.1. The standard InChI is InChI=1S/C36H40BrN3O5S/c1-26-17-19-32(20-18-26)46(43,44)40(30-15-10-16-31(23-30)45-5)25-34(41)39(24-28-13-9-14-29(37)21-28)33(35(42)38-36(2,3)4)22-27-11-7-6-8-12-27/h6-21,23,33H,22,24-25H2,1-5H3,(H,38,42)/t33-/m1/s1. The minimum atomic E-state index is -4.22. The molecule has 0 bridgehead atoms. The van der Waals surface area contributed by atoms with Crippen LogP contribution in [0, 0.1) is 6.92 Å². The first-order valence-corrected chi connectivity index (χ1v) is 17.1. The van der Waals surface area contributed by atoms with Gasteiger partial charge in [-0.05, 0) is 75.2 Å². The third-order valence-corrected chi connectivity index (χ3v) is 9.52. The average Bonchev–Trinajstić information content (AvgIpc) is 3.01. The molecule has 0 aliphatic rings. The molecule has 0 aromatic heterocycles. The number of sulfonamides is 1. The second kappa shape index (κ2) is 15.0. The maximum Gasteiger partial charge on any atom is 0.264 e. The number of carbonyl (C=O) groups excluding carboxylic acids is 2. The van der Waals surface area contributed by atoms with Gasteiger partial charge in [0.1, 0.15) is 18.3 Å². The molecule has 1 N–H and O–H groups in total. The highest BCUT2D eigenvalue weighted by Gasteiger charge is 2.35. The minimum Gasteiger partial charge on any atom is -0.497 e. The SMILES string of the molecule is COc1cccc(N(CC(=O)N(Cc2cccc(Br)c2)[C@H](Cc2ccccc2)C(=O)NC(C)(C)C)S(=O)(=O)c2ccc(C)cc2)c1. The Morgan fingerprint density at radius 3 is 2.15 bits per heavy atom. The number of anilines is 1. The van der Waals surface area contributed by atoms with Crippen LogP contribution in [0.4, 0.5) is 5.69 Å². The highest BCUT2D eigenvalue weighted by Crippen LogP contribution is 2.28. The van der Waals surface area contributed by atoms with Gasteiger partial charge in [-0.15, -0.1) is 0 Å². The summed E-state index contributed by atoms with van der Waals surface area (Å²) in [5.74, 6) is -0.441.